The molecule has 2 bridgehead atoms. The van der Waals surface area contributed by atoms with Crippen LogP contribution in [0.25, 0.3) is 0 Å². The summed E-state index contributed by atoms with van der Waals surface area (Å²) in [4.78, 5) is 24.6. The number of hydrogen-bond acceptors (Lipinski definition) is 4. The van der Waals surface area contributed by atoms with E-state index in [1.165, 1.54) is 0 Å². The van der Waals surface area contributed by atoms with E-state index >= 15 is 0 Å². The molecule has 4 rings (SSSR count). The zero-order chi connectivity index (χ0) is 18.7. The number of nitrogens with one attached hydrogen (secondary N) is 2. The second kappa shape index (κ2) is 5.55. The fourth-order valence-corrected chi connectivity index (χ4v) is 7.01. The molecule has 0 aromatic heterocycles. The lowest BCUT2D eigenvalue weighted by molar-refractivity contribution is -0.128. The van der Waals surface area contributed by atoms with Gasteiger partial charge in [-0.15, -0.1) is 0 Å². The predicted octanol–water partition coefficient (Wildman–Crippen LogP) is 2.11. The first-order chi connectivity index (χ1) is 12.1. The third-order valence-electron chi connectivity index (χ3n) is 6.88. The summed E-state index contributed by atoms with van der Waals surface area (Å²) in [6, 6.07) is 5.06. The number of benzene rings is 1. The van der Waals surface area contributed by atoms with Gasteiger partial charge in [0.15, 0.2) is 0 Å². The van der Waals surface area contributed by atoms with Gasteiger partial charge in [0.2, 0.25) is 10.0 Å². The molecule has 1 amide bonds. The summed E-state index contributed by atoms with van der Waals surface area (Å²) in [6.07, 6.45) is 2.77. The van der Waals surface area contributed by atoms with Crippen LogP contribution < -0.4 is 10.0 Å². The summed E-state index contributed by atoms with van der Waals surface area (Å²) in [5.41, 5.74) is 0.702. The van der Waals surface area contributed by atoms with Crippen molar-refractivity contribution in [2.24, 2.45) is 16.7 Å². The largest absolute Gasteiger partial charge is 0.352 e. The Kier molecular flexibility index (Phi) is 3.74. The lowest BCUT2D eigenvalue weighted by Gasteiger charge is -2.36. The normalized spacial score (nSPS) is 29.4. The highest BCUT2D eigenvalue weighted by Crippen LogP contribution is 2.64. The SMILES string of the molecule is CC1(C)[C@@H]2CC[C@]1(CS(=O)(=O)Nc1ccc3c(c1)C(=O)NCC3)C(=O)C2. The molecule has 7 heteroatoms. The molecular weight excluding hydrogens is 352 g/mol. The second-order valence-corrected chi connectivity index (χ2v) is 10.1. The minimum atomic E-state index is -3.71. The number of amides is 1. The van der Waals surface area contributed by atoms with E-state index in [0.717, 1.165) is 18.4 Å². The van der Waals surface area contributed by atoms with Crippen molar-refractivity contribution in [3.05, 3.63) is 29.3 Å². The number of anilines is 1. The quantitative estimate of drug-likeness (QED) is 0.842. The molecule has 1 heterocycles. The molecule has 1 aromatic rings. The molecule has 6 nitrogen and oxygen atoms in total. The van der Waals surface area contributed by atoms with Gasteiger partial charge in [-0.3, -0.25) is 14.3 Å². The molecule has 2 aliphatic carbocycles. The van der Waals surface area contributed by atoms with Crippen molar-refractivity contribution < 1.29 is 18.0 Å². The number of sulfonamides is 1. The third kappa shape index (κ3) is 2.47. The summed E-state index contributed by atoms with van der Waals surface area (Å²) < 4.78 is 28.3. The van der Waals surface area contributed by atoms with Crippen molar-refractivity contribution in [2.45, 2.75) is 39.5 Å². The van der Waals surface area contributed by atoms with Gasteiger partial charge in [0.05, 0.1) is 11.2 Å². The molecule has 1 aromatic carbocycles. The smallest absolute Gasteiger partial charge is 0.251 e. The van der Waals surface area contributed by atoms with Gasteiger partial charge >= 0.3 is 0 Å². The first-order valence-corrected chi connectivity index (χ1v) is 10.7. The highest BCUT2D eigenvalue weighted by Gasteiger charge is 2.65. The van der Waals surface area contributed by atoms with E-state index in [9.17, 15) is 18.0 Å². The summed E-state index contributed by atoms with van der Waals surface area (Å²) in [5.74, 6) is -0.0192. The Balaban J connectivity index is 1.60. The molecule has 26 heavy (non-hydrogen) atoms. The van der Waals surface area contributed by atoms with Crippen LogP contribution in [0.5, 0.6) is 0 Å². The fraction of sp³-hybridized carbons (Fsp3) is 0.579. The zero-order valence-corrected chi connectivity index (χ0v) is 15.9. The zero-order valence-electron chi connectivity index (χ0n) is 15.1. The lowest BCUT2D eigenvalue weighted by Crippen LogP contribution is -2.43. The highest BCUT2D eigenvalue weighted by molar-refractivity contribution is 7.92. The van der Waals surface area contributed by atoms with Crippen molar-refractivity contribution in [1.29, 1.82) is 0 Å². The Morgan fingerprint density at radius 3 is 2.69 bits per heavy atom. The van der Waals surface area contributed by atoms with Gasteiger partial charge in [0.1, 0.15) is 5.78 Å². The molecular formula is C19H24N2O4S. The summed E-state index contributed by atoms with van der Waals surface area (Å²) in [6.45, 7) is 4.64. The van der Waals surface area contributed by atoms with Crippen LogP contribution in [-0.2, 0) is 21.2 Å². The summed E-state index contributed by atoms with van der Waals surface area (Å²) >= 11 is 0. The molecule has 140 valence electrons. The first-order valence-electron chi connectivity index (χ1n) is 9.10. The van der Waals surface area contributed by atoms with Crippen LogP contribution in [0.2, 0.25) is 0 Å². The molecule has 0 radical (unpaired) electrons. The van der Waals surface area contributed by atoms with Gasteiger partial charge in [0, 0.05) is 24.2 Å². The standard InChI is InChI=1S/C19H24N2O4S/c1-18(2)13-5-7-19(18,16(22)9-13)11-26(24,25)21-14-4-3-12-6-8-20-17(23)15(12)10-14/h3-4,10,13,21H,5-9,11H2,1-2H3,(H,20,23)/t13-,19+/m1/s1. The Labute approximate surface area is 153 Å². The van der Waals surface area contributed by atoms with E-state index in [4.69, 9.17) is 0 Å². The van der Waals surface area contributed by atoms with E-state index in [2.05, 4.69) is 10.0 Å². The summed E-state index contributed by atoms with van der Waals surface area (Å²) in [7, 11) is -3.71. The predicted molar refractivity (Wildman–Crippen MR) is 98.5 cm³/mol. The van der Waals surface area contributed by atoms with Crippen LogP contribution in [0.3, 0.4) is 0 Å². The maximum Gasteiger partial charge on any atom is 0.251 e. The molecule has 2 N–H and O–H groups in total. The van der Waals surface area contributed by atoms with Crippen molar-refractivity contribution in [1.82, 2.24) is 5.32 Å². The minimum absolute atomic E-state index is 0.0777. The van der Waals surface area contributed by atoms with Gasteiger partial charge in [-0.2, -0.15) is 0 Å². The first kappa shape index (κ1) is 17.5. The van der Waals surface area contributed by atoms with Crippen LogP contribution in [0.1, 0.15) is 49.0 Å². The minimum Gasteiger partial charge on any atom is -0.352 e. The number of fused-ring (bicyclic) bond motifs is 3. The van der Waals surface area contributed by atoms with Gasteiger partial charge in [-0.25, -0.2) is 8.42 Å². The average molecular weight is 376 g/mol. The molecule has 2 fully saturated rings. The molecule has 0 spiro atoms. The van der Waals surface area contributed by atoms with E-state index in [-0.39, 0.29) is 28.8 Å². The molecule has 3 aliphatic rings. The van der Waals surface area contributed by atoms with Crippen LogP contribution >= 0.6 is 0 Å². The van der Waals surface area contributed by atoms with Crippen molar-refractivity contribution in [3.8, 4) is 0 Å². The van der Waals surface area contributed by atoms with E-state index in [1.54, 1.807) is 18.2 Å². The monoisotopic (exact) mass is 376 g/mol. The van der Waals surface area contributed by atoms with E-state index in [1.807, 2.05) is 13.8 Å². The molecule has 0 unspecified atom stereocenters. The maximum absolute atomic E-state index is 12.9. The van der Waals surface area contributed by atoms with Gasteiger partial charge in [0.25, 0.3) is 5.91 Å². The van der Waals surface area contributed by atoms with Gasteiger partial charge < -0.3 is 5.32 Å². The van der Waals surface area contributed by atoms with Crippen LogP contribution in [0.15, 0.2) is 18.2 Å². The number of hydrogen-bond donors (Lipinski definition) is 2. The summed E-state index contributed by atoms with van der Waals surface area (Å²) in [5, 5.41) is 2.76. The number of rotatable bonds is 4. The Bertz CT molecular complexity index is 906. The van der Waals surface area contributed by atoms with Crippen molar-refractivity contribution in [3.63, 3.8) is 0 Å². The number of Topliss-reactive ketones (excluding diaryl/α,β-unsaturated/α-hetero) is 1. The van der Waals surface area contributed by atoms with Gasteiger partial charge in [-0.1, -0.05) is 19.9 Å². The van der Waals surface area contributed by atoms with Gasteiger partial charge in [-0.05, 0) is 48.3 Å². The Morgan fingerprint density at radius 1 is 1.27 bits per heavy atom. The lowest BCUT2D eigenvalue weighted by atomic mass is 9.70. The number of ketones is 1. The second-order valence-electron chi connectivity index (χ2n) is 8.41. The Morgan fingerprint density at radius 2 is 2.04 bits per heavy atom. The van der Waals surface area contributed by atoms with Crippen LogP contribution in [-0.4, -0.2) is 32.4 Å². The van der Waals surface area contributed by atoms with Crippen molar-refractivity contribution >= 4 is 27.4 Å². The molecule has 2 saturated carbocycles. The van der Waals surface area contributed by atoms with E-state index in [0.29, 0.717) is 30.6 Å². The Hall–Kier alpha value is -1.89. The maximum atomic E-state index is 12.9. The topological polar surface area (TPSA) is 92.3 Å². The highest BCUT2D eigenvalue weighted by atomic mass is 32.2. The van der Waals surface area contributed by atoms with Crippen molar-refractivity contribution in [2.75, 3.05) is 17.0 Å². The average Bonchev–Trinajstić information content (AvgIpc) is 2.89. The fourth-order valence-electron chi connectivity index (χ4n) is 5.12. The molecule has 1 aliphatic heterocycles. The van der Waals surface area contributed by atoms with E-state index < -0.39 is 15.4 Å². The third-order valence-corrected chi connectivity index (χ3v) is 8.30. The molecule has 2 atom stereocenters. The van der Waals surface area contributed by atoms with Crippen LogP contribution in [0.4, 0.5) is 5.69 Å². The molecule has 0 saturated heterocycles. The number of carbonyl (C=O) groups is 2. The van der Waals surface area contributed by atoms with Crippen LogP contribution in [0, 0.1) is 16.7 Å². The number of carbonyl (C=O) groups excluding carboxylic acids is 2.